The van der Waals surface area contributed by atoms with E-state index in [2.05, 4.69) is 69.4 Å². The Hall–Kier alpha value is -2.78. The second-order valence-corrected chi connectivity index (χ2v) is 9.72. The van der Waals surface area contributed by atoms with Gasteiger partial charge in [0.2, 0.25) is 0 Å². The molecule has 7 heteroatoms. The monoisotopic (exact) mass is 570 g/mol. The van der Waals surface area contributed by atoms with E-state index in [1.165, 1.54) is 15.3 Å². The number of hydrogen-bond donors (Lipinski definition) is 1. The van der Waals surface area contributed by atoms with Crippen molar-refractivity contribution in [3.63, 3.8) is 0 Å². The third-order valence-electron chi connectivity index (χ3n) is 5.20. The summed E-state index contributed by atoms with van der Waals surface area (Å²) >= 11 is 3.56. The minimum absolute atomic E-state index is 0.100. The van der Waals surface area contributed by atoms with Gasteiger partial charge >= 0.3 is 5.97 Å². The van der Waals surface area contributed by atoms with Gasteiger partial charge in [0.15, 0.2) is 0 Å². The van der Waals surface area contributed by atoms with Crippen molar-refractivity contribution in [3.8, 4) is 5.69 Å². The predicted octanol–water partition coefficient (Wildman–Crippen LogP) is 6.89. The van der Waals surface area contributed by atoms with Crippen LogP contribution in [0.1, 0.15) is 23.9 Å². The average Bonchev–Trinajstić information content (AvgIpc) is 3.25. The first kappa shape index (κ1) is 23.4. The molecule has 1 aliphatic rings. The smallest absolute Gasteiger partial charge is 0.344 e. The summed E-state index contributed by atoms with van der Waals surface area (Å²) in [5.74, 6) is -0.683. The van der Waals surface area contributed by atoms with E-state index < -0.39 is 5.97 Å². The standard InChI is InChI=1S/C26H23IN2O3S/c1-4-32-26(31)23-24(30)22(33-25(23)28-20-8-6-5-7-9-20)15-18-14-16(2)29(17(18)3)21-12-10-19(27)11-13-21/h5-15,30H,4H2,1-3H3/b22-15-,28-25?. The third kappa shape index (κ3) is 4.94. The maximum atomic E-state index is 12.6. The van der Waals surface area contributed by atoms with Gasteiger partial charge in [0.1, 0.15) is 16.4 Å². The molecule has 2 heterocycles. The number of hydrogen-bond acceptors (Lipinski definition) is 5. The van der Waals surface area contributed by atoms with Gasteiger partial charge < -0.3 is 14.4 Å². The van der Waals surface area contributed by atoms with E-state index in [9.17, 15) is 9.90 Å². The molecule has 0 atom stereocenters. The maximum Gasteiger partial charge on any atom is 0.344 e. The Balaban J connectivity index is 1.77. The van der Waals surface area contributed by atoms with Crippen LogP contribution in [0.2, 0.25) is 0 Å². The largest absolute Gasteiger partial charge is 0.506 e. The number of carbonyl (C=O) groups is 1. The molecule has 1 N–H and O–H groups in total. The summed E-state index contributed by atoms with van der Waals surface area (Å²) in [6.45, 7) is 6.05. The minimum Gasteiger partial charge on any atom is -0.506 e. The molecule has 0 bridgehead atoms. The lowest BCUT2D eigenvalue weighted by Crippen LogP contribution is -2.12. The molecule has 168 valence electrons. The first-order valence-electron chi connectivity index (χ1n) is 10.5. The molecule has 0 aliphatic carbocycles. The fraction of sp³-hybridized carbons (Fsp3) is 0.154. The lowest BCUT2D eigenvalue weighted by Gasteiger charge is -2.09. The van der Waals surface area contributed by atoms with Crippen molar-refractivity contribution < 1.29 is 14.6 Å². The zero-order chi connectivity index (χ0) is 23.5. The van der Waals surface area contributed by atoms with Gasteiger partial charge in [-0.25, -0.2) is 9.79 Å². The number of aryl methyl sites for hydroxylation is 1. The molecule has 0 saturated carbocycles. The molecular formula is C26H23IN2O3S. The van der Waals surface area contributed by atoms with Gasteiger partial charge in [-0.15, -0.1) is 0 Å². The molecule has 0 fully saturated rings. The van der Waals surface area contributed by atoms with E-state index in [1.54, 1.807) is 6.92 Å². The predicted molar refractivity (Wildman–Crippen MR) is 143 cm³/mol. The lowest BCUT2D eigenvalue weighted by molar-refractivity contribution is -0.138. The summed E-state index contributed by atoms with van der Waals surface area (Å²) in [6, 6.07) is 19.8. The summed E-state index contributed by atoms with van der Waals surface area (Å²) in [5, 5.41) is 11.4. The number of aliphatic hydroxyl groups excluding tert-OH is 1. The van der Waals surface area contributed by atoms with Gasteiger partial charge in [-0.3, -0.25) is 0 Å². The zero-order valence-corrected chi connectivity index (χ0v) is 21.5. The Morgan fingerprint density at radius 1 is 1.15 bits per heavy atom. The Morgan fingerprint density at radius 2 is 1.85 bits per heavy atom. The number of aliphatic hydroxyl groups is 1. The number of aliphatic imine (C=N–C) groups is 1. The maximum absolute atomic E-state index is 12.6. The number of para-hydroxylation sites is 1. The summed E-state index contributed by atoms with van der Waals surface area (Å²) in [5.41, 5.74) is 4.96. The minimum atomic E-state index is -0.579. The van der Waals surface area contributed by atoms with Crippen LogP contribution in [0.15, 0.2) is 81.9 Å². The van der Waals surface area contributed by atoms with Crippen molar-refractivity contribution in [2.75, 3.05) is 6.61 Å². The molecule has 0 unspecified atom stereocenters. The van der Waals surface area contributed by atoms with Crippen molar-refractivity contribution in [1.82, 2.24) is 4.57 Å². The van der Waals surface area contributed by atoms with E-state index in [0.717, 1.165) is 22.6 Å². The molecule has 0 spiro atoms. The van der Waals surface area contributed by atoms with Crippen molar-refractivity contribution in [1.29, 1.82) is 0 Å². The number of rotatable bonds is 5. The van der Waals surface area contributed by atoms with Crippen LogP contribution in [0.3, 0.4) is 0 Å². The van der Waals surface area contributed by atoms with Crippen LogP contribution in [0.4, 0.5) is 5.69 Å². The summed E-state index contributed by atoms with van der Waals surface area (Å²) in [4.78, 5) is 17.8. The zero-order valence-electron chi connectivity index (χ0n) is 18.5. The summed E-state index contributed by atoms with van der Waals surface area (Å²) in [7, 11) is 0. The molecule has 3 aromatic rings. The van der Waals surface area contributed by atoms with E-state index in [1.807, 2.05) is 43.3 Å². The van der Waals surface area contributed by atoms with E-state index in [0.29, 0.717) is 15.6 Å². The van der Waals surface area contributed by atoms with E-state index >= 15 is 0 Å². The van der Waals surface area contributed by atoms with Gasteiger partial charge in [0, 0.05) is 20.6 Å². The molecule has 1 aromatic heterocycles. The Bertz CT molecular complexity index is 1290. The number of esters is 1. The second-order valence-electron chi connectivity index (χ2n) is 7.45. The van der Waals surface area contributed by atoms with Crippen LogP contribution in [0, 0.1) is 17.4 Å². The molecular weight excluding hydrogens is 547 g/mol. The van der Waals surface area contributed by atoms with Crippen molar-refractivity contribution >= 4 is 57.1 Å². The molecule has 1 aliphatic heterocycles. The topological polar surface area (TPSA) is 63.8 Å². The average molecular weight is 570 g/mol. The number of halogens is 1. The first-order valence-corrected chi connectivity index (χ1v) is 12.4. The molecule has 4 rings (SSSR count). The van der Waals surface area contributed by atoms with Crippen molar-refractivity contribution in [2.24, 2.45) is 4.99 Å². The van der Waals surface area contributed by atoms with Gasteiger partial charge in [-0.2, -0.15) is 0 Å². The highest BCUT2D eigenvalue weighted by atomic mass is 127. The van der Waals surface area contributed by atoms with Gasteiger partial charge in [0.25, 0.3) is 0 Å². The van der Waals surface area contributed by atoms with Crippen LogP contribution in [0.5, 0.6) is 0 Å². The van der Waals surface area contributed by atoms with Crippen molar-refractivity contribution in [2.45, 2.75) is 20.8 Å². The number of nitrogens with zero attached hydrogens (tertiary/aromatic N) is 2. The normalized spacial score (nSPS) is 16.1. The molecule has 0 saturated heterocycles. The SMILES string of the molecule is CCOC(=O)C1=C(O)/C(=C/c2cc(C)n(-c3ccc(I)cc3)c2C)SC1=Nc1ccccc1. The quantitative estimate of drug-likeness (QED) is 0.268. The van der Waals surface area contributed by atoms with Crippen LogP contribution in [0.25, 0.3) is 11.8 Å². The number of thioether (sulfide) groups is 1. The van der Waals surface area contributed by atoms with E-state index in [-0.39, 0.29) is 17.9 Å². The highest BCUT2D eigenvalue weighted by Crippen LogP contribution is 2.41. The molecule has 0 radical (unpaired) electrons. The molecule has 5 nitrogen and oxygen atoms in total. The van der Waals surface area contributed by atoms with Crippen LogP contribution < -0.4 is 0 Å². The lowest BCUT2D eigenvalue weighted by atomic mass is 10.2. The Morgan fingerprint density at radius 3 is 2.52 bits per heavy atom. The number of carbonyl (C=O) groups excluding carboxylic acids is 1. The first-order chi connectivity index (χ1) is 15.9. The van der Waals surface area contributed by atoms with Crippen LogP contribution >= 0.6 is 34.4 Å². The summed E-state index contributed by atoms with van der Waals surface area (Å²) < 4.78 is 8.55. The summed E-state index contributed by atoms with van der Waals surface area (Å²) in [6.07, 6.45) is 1.90. The van der Waals surface area contributed by atoms with Gasteiger partial charge in [-0.1, -0.05) is 30.0 Å². The fourth-order valence-corrected chi connectivity index (χ4v) is 5.06. The second kappa shape index (κ2) is 10.0. The van der Waals surface area contributed by atoms with Gasteiger partial charge in [-0.05, 0) is 97.5 Å². The van der Waals surface area contributed by atoms with Gasteiger partial charge in [0.05, 0.1) is 17.2 Å². The van der Waals surface area contributed by atoms with Crippen molar-refractivity contribution in [3.05, 3.63) is 97.4 Å². The Labute approximate surface area is 211 Å². The highest BCUT2D eigenvalue weighted by molar-refractivity contribution is 14.1. The number of ether oxygens (including phenoxy) is 1. The van der Waals surface area contributed by atoms with E-state index in [4.69, 9.17) is 4.74 Å². The molecule has 33 heavy (non-hydrogen) atoms. The number of aromatic nitrogens is 1. The fourth-order valence-electron chi connectivity index (χ4n) is 3.67. The van der Waals surface area contributed by atoms with Crippen LogP contribution in [-0.4, -0.2) is 27.3 Å². The number of benzene rings is 2. The Kier molecular flexibility index (Phi) is 7.09. The third-order valence-corrected chi connectivity index (χ3v) is 6.94. The highest BCUT2D eigenvalue weighted by Gasteiger charge is 2.33. The molecule has 2 aromatic carbocycles. The molecule has 0 amide bonds. The van der Waals surface area contributed by atoms with Crippen LogP contribution in [-0.2, 0) is 9.53 Å².